The highest BCUT2D eigenvalue weighted by atomic mass is 35.5. The first-order valence-electron chi connectivity index (χ1n) is 4.68. The summed E-state index contributed by atoms with van der Waals surface area (Å²) in [4.78, 5) is 2.03. The minimum absolute atomic E-state index is 0. The topological polar surface area (TPSA) is 15.3 Å². The van der Waals surface area contributed by atoms with E-state index >= 15 is 0 Å². The van der Waals surface area contributed by atoms with Gasteiger partial charge in [-0.2, -0.15) is 0 Å². The molecule has 0 atom stereocenters. The Morgan fingerprint density at radius 1 is 1.19 bits per heavy atom. The molecule has 0 spiro atoms. The van der Waals surface area contributed by atoms with E-state index < -0.39 is 0 Å². The first-order chi connectivity index (χ1) is 6.77. The molecule has 0 aliphatic carbocycles. The summed E-state index contributed by atoms with van der Waals surface area (Å²) >= 11 is 5.69. The summed E-state index contributed by atoms with van der Waals surface area (Å²) in [7, 11) is 0. The monoisotopic (exact) mass is 286 g/mol. The third-order valence-corrected chi connectivity index (χ3v) is 2.60. The van der Waals surface area contributed by atoms with Gasteiger partial charge >= 0.3 is 0 Å². The summed E-state index contributed by atoms with van der Waals surface area (Å²) in [6.45, 7) is 3.50. The predicted molar refractivity (Wildman–Crippen MR) is 71.0 cm³/mol. The lowest BCUT2D eigenvalue weighted by Gasteiger charge is -2.29. The second-order valence-corrected chi connectivity index (χ2v) is 3.77. The number of rotatable bonds is 1. The van der Waals surface area contributed by atoms with E-state index in [1.54, 1.807) is 12.1 Å². The van der Waals surface area contributed by atoms with Crippen LogP contribution >= 0.6 is 36.4 Å². The van der Waals surface area contributed by atoms with Gasteiger partial charge in [0, 0.05) is 31.2 Å². The normalized spacial score (nSPS) is 15.0. The Balaban J connectivity index is 0.00000112. The van der Waals surface area contributed by atoms with E-state index in [1.165, 1.54) is 6.07 Å². The molecule has 2 nitrogen and oxygen atoms in total. The molecule has 16 heavy (non-hydrogen) atoms. The molecule has 1 fully saturated rings. The Kier molecular flexibility index (Phi) is 7.07. The average molecular weight is 288 g/mol. The number of piperazine rings is 1. The van der Waals surface area contributed by atoms with Gasteiger partial charge in [0.1, 0.15) is 5.82 Å². The van der Waals surface area contributed by atoms with Crippen LogP contribution in [0.25, 0.3) is 0 Å². The Bertz CT molecular complexity index is 330. The van der Waals surface area contributed by atoms with Crippen molar-refractivity contribution in [2.45, 2.75) is 0 Å². The van der Waals surface area contributed by atoms with Crippen molar-refractivity contribution in [1.29, 1.82) is 0 Å². The van der Waals surface area contributed by atoms with Crippen molar-refractivity contribution in [1.82, 2.24) is 5.32 Å². The molecular formula is C10H14Cl3FN2. The number of hydrogen-bond donors (Lipinski definition) is 1. The van der Waals surface area contributed by atoms with Crippen molar-refractivity contribution in [3.05, 3.63) is 29.0 Å². The number of halogens is 4. The van der Waals surface area contributed by atoms with Crippen LogP contribution in [0.15, 0.2) is 18.2 Å². The van der Waals surface area contributed by atoms with E-state index in [-0.39, 0.29) is 30.6 Å². The molecule has 1 aliphatic rings. The Morgan fingerprint density at radius 3 is 2.38 bits per heavy atom. The molecule has 1 saturated heterocycles. The summed E-state index contributed by atoms with van der Waals surface area (Å²) in [6.07, 6.45) is 0. The van der Waals surface area contributed by atoms with Crippen LogP contribution in [0.3, 0.4) is 0 Å². The molecule has 0 amide bonds. The van der Waals surface area contributed by atoms with Gasteiger partial charge in [-0.1, -0.05) is 11.6 Å². The number of hydrogen-bond acceptors (Lipinski definition) is 2. The van der Waals surface area contributed by atoms with Crippen LogP contribution in [0, 0.1) is 5.82 Å². The maximum Gasteiger partial charge on any atom is 0.147 e. The number of nitrogens with one attached hydrogen (secondary N) is 1. The van der Waals surface area contributed by atoms with Crippen molar-refractivity contribution in [2.75, 3.05) is 31.1 Å². The van der Waals surface area contributed by atoms with Gasteiger partial charge in [0.15, 0.2) is 0 Å². The lowest BCUT2D eigenvalue weighted by atomic mass is 10.2. The van der Waals surface area contributed by atoms with Gasteiger partial charge in [-0.25, -0.2) is 4.39 Å². The van der Waals surface area contributed by atoms with Crippen LogP contribution < -0.4 is 10.2 Å². The molecule has 1 N–H and O–H groups in total. The minimum Gasteiger partial charge on any atom is -0.367 e. The Hall–Kier alpha value is -0.220. The molecule has 1 aromatic carbocycles. The Morgan fingerprint density at radius 2 is 1.81 bits per heavy atom. The molecule has 0 saturated carbocycles. The third-order valence-electron chi connectivity index (χ3n) is 2.37. The molecular weight excluding hydrogens is 273 g/mol. The fraction of sp³-hybridized carbons (Fsp3) is 0.400. The zero-order valence-electron chi connectivity index (χ0n) is 8.58. The summed E-state index contributed by atoms with van der Waals surface area (Å²) in [5, 5.41) is 3.67. The second-order valence-electron chi connectivity index (χ2n) is 3.33. The molecule has 0 radical (unpaired) electrons. The van der Waals surface area contributed by atoms with Gasteiger partial charge in [0.05, 0.1) is 5.69 Å². The Labute approximate surface area is 112 Å². The quantitative estimate of drug-likeness (QED) is 0.854. The van der Waals surface area contributed by atoms with E-state index in [0.29, 0.717) is 10.7 Å². The number of nitrogens with zero attached hydrogens (tertiary/aromatic N) is 1. The predicted octanol–water partition coefficient (Wildman–Crippen LogP) is 2.73. The standard InChI is InChI=1S/C10H12ClFN2.2ClH/c11-8-1-2-10(9(12)7-8)14-5-3-13-4-6-14;;/h1-2,7,13H,3-6H2;2*1H. The lowest BCUT2D eigenvalue weighted by molar-refractivity contribution is 0.566. The zero-order valence-corrected chi connectivity index (χ0v) is 11.0. The molecule has 0 unspecified atom stereocenters. The van der Waals surface area contributed by atoms with Crippen molar-refractivity contribution < 1.29 is 4.39 Å². The minimum atomic E-state index is -0.237. The van der Waals surface area contributed by atoms with Crippen LogP contribution in [-0.4, -0.2) is 26.2 Å². The van der Waals surface area contributed by atoms with E-state index in [9.17, 15) is 4.39 Å². The highest BCUT2D eigenvalue weighted by molar-refractivity contribution is 6.30. The maximum absolute atomic E-state index is 13.5. The van der Waals surface area contributed by atoms with Gasteiger partial charge in [0.2, 0.25) is 0 Å². The first-order valence-corrected chi connectivity index (χ1v) is 5.06. The van der Waals surface area contributed by atoms with Gasteiger partial charge in [0.25, 0.3) is 0 Å². The smallest absolute Gasteiger partial charge is 0.147 e. The largest absolute Gasteiger partial charge is 0.367 e. The first kappa shape index (κ1) is 15.8. The fourth-order valence-corrected chi connectivity index (χ4v) is 1.80. The summed E-state index contributed by atoms with van der Waals surface area (Å²) < 4.78 is 13.5. The van der Waals surface area contributed by atoms with Crippen molar-refractivity contribution in [3.63, 3.8) is 0 Å². The van der Waals surface area contributed by atoms with Crippen molar-refractivity contribution in [3.8, 4) is 0 Å². The van der Waals surface area contributed by atoms with Gasteiger partial charge in [-0.15, -0.1) is 24.8 Å². The van der Waals surface area contributed by atoms with Gasteiger partial charge in [-0.3, -0.25) is 0 Å². The third kappa shape index (κ3) is 3.67. The average Bonchev–Trinajstić information content (AvgIpc) is 2.19. The second kappa shape index (κ2) is 7.17. The lowest BCUT2D eigenvalue weighted by Crippen LogP contribution is -2.43. The zero-order chi connectivity index (χ0) is 9.97. The summed E-state index contributed by atoms with van der Waals surface area (Å²) in [5.41, 5.74) is 0.649. The van der Waals surface area contributed by atoms with E-state index in [1.807, 2.05) is 4.90 Å². The molecule has 1 aromatic rings. The van der Waals surface area contributed by atoms with E-state index in [4.69, 9.17) is 11.6 Å². The van der Waals surface area contributed by atoms with Crippen LogP contribution in [0.4, 0.5) is 10.1 Å². The van der Waals surface area contributed by atoms with Gasteiger partial charge < -0.3 is 10.2 Å². The van der Waals surface area contributed by atoms with Crippen molar-refractivity contribution >= 4 is 42.1 Å². The van der Waals surface area contributed by atoms with Crippen LogP contribution in [0.1, 0.15) is 0 Å². The van der Waals surface area contributed by atoms with E-state index in [0.717, 1.165) is 26.2 Å². The van der Waals surface area contributed by atoms with E-state index in [2.05, 4.69) is 5.32 Å². The highest BCUT2D eigenvalue weighted by Gasteiger charge is 2.13. The van der Waals surface area contributed by atoms with Crippen LogP contribution in [-0.2, 0) is 0 Å². The highest BCUT2D eigenvalue weighted by Crippen LogP contribution is 2.22. The van der Waals surface area contributed by atoms with Crippen molar-refractivity contribution in [2.24, 2.45) is 0 Å². The fourth-order valence-electron chi connectivity index (χ4n) is 1.64. The SMILES string of the molecule is Cl.Cl.Fc1cc(Cl)ccc1N1CCNCC1. The molecule has 6 heteroatoms. The number of anilines is 1. The molecule has 0 aromatic heterocycles. The van der Waals surface area contributed by atoms with Crippen LogP contribution in [0.5, 0.6) is 0 Å². The molecule has 2 rings (SSSR count). The maximum atomic E-state index is 13.5. The van der Waals surface area contributed by atoms with Gasteiger partial charge in [-0.05, 0) is 18.2 Å². The summed E-state index contributed by atoms with van der Waals surface area (Å²) in [5.74, 6) is -0.237. The molecule has 92 valence electrons. The van der Waals surface area contributed by atoms with Crippen LogP contribution in [0.2, 0.25) is 5.02 Å². The molecule has 0 bridgehead atoms. The molecule has 1 aliphatic heterocycles. The molecule has 1 heterocycles. The number of benzene rings is 1. The summed E-state index contributed by atoms with van der Waals surface area (Å²) in [6, 6.07) is 4.82.